The summed E-state index contributed by atoms with van der Waals surface area (Å²) >= 11 is 6.62. The van der Waals surface area contributed by atoms with E-state index in [-0.39, 0.29) is 5.78 Å². The molecular weight excluding hydrogens is 296 g/mol. The summed E-state index contributed by atoms with van der Waals surface area (Å²) in [6.07, 6.45) is 0. The van der Waals surface area contributed by atoms with E-state index in [9.17, 15) is 4.79 Å². The molecular formula is C10H10Br2O. The summed E-state index contributed by atoms with van der Waals surface area (Å²) in [6.45, 7) is 3.96. The van der Waals surface area contributed by atoms with Crippen molar-refractivity contribution in [3.63, 3.8) is 0 Å². The number of rotatable bonds is 2. The number of aryl methyl sites for hydroxylation is 1. The monoisotopic (exact) mass is 304 g/mol. The molecule has 0 heterocycles. The first kappa shape index (κ1) is 10.9. The molecule has 0 bridgehead atoms. The van der Waals surface area contributed by atoms with Gasteiger partial charge in [0.25, 0.3) is 0 Å². The fraction of sp³-hybridized carbons (Fsp3) is 0.300. The van der Waals surface area contributed by atoms with Crippen LogP contribution in [0, 0.1) is 13.8 Å². The average molecular weight is 306 g/mol. The first-order valence-electron chi connectivity index (χ1n) is 3.92. The number of benzene rings is 1. The molecule has 0 aromatic heterocycles. The SMILES string of the molecule is Cc1ccc(C(=O)CBr)c(C)c1Br. The third kappa shape index (κ3) is 2.20. The van der Waals surface area contributed by atoms with Crippen molar-refractivity contribution in [3.8, 4) is 0 Å². The molecule has 13 heavy (non-hydrogen) atoms. The first-order valence-corrected chi connectivity index (χ1v) is 5.84. The van der Waals surface area contributed by atoms with E-state index < -0.39 is 0 Å². The molecule has 1 rings (SSSR count). The lowest BCUT2D eigenvalue weighted by atomic mass is 10.0. The van der Waals surface area contributed by atoms with Gasteiger partial charge in [-0.05, 0) is 25.0 Å². The van der Waals surface area contributed by atoms with Crippen LogP contribution in [0.15, 0.2) is 16.6 Å². The van der Waals surface area contributed by atoms with Crippen LogP contribution in [0.1, 0.15) is 21.5 Å². The molecule has 0 aliphatic carbocycles. The summed E-state index contributed by atoms with van der Waals surface area (Å²) in [5.74, 6) is 0.123. The standard InChI is InChI=1S/C10H10Br2O/c1-6-3-4-8(9(13)5-11)7(2)10(6)12/h3-4H,5H2,1-2H3. The van der Waals surface area contributed by atoms with E-state index in [1.54, 1.807) is 0 Å². The van der Waals surface area contributed by atoms with Crippen LogP contribution < -0.4 is 0 Å². The molecule has 0 aliphatic rings. The van der Waals surface area contributed by atoms with Crippen molar-refractivity contribution in [2.45, 2.75) is 13.8 Å². The van der Waals surface area contributed by atoms with Gasteiger partial charge in [-0.2, -0.15) is 0 Å². The number of halogens is 2. The summed E-state index contributed by atoms with van der Waals surface area (Å²) in [4.78, 5) is 11.4. The molecule has 1 nitrogen and oxygen atoms in total. The predicted molar refractivity (Wildman–Crippen MR) is 61.7 cm³/mol. The van der Waals surface area contributed by atoms with Gasteiger partial charge >= 0.3 is 0 Å². The van der Waals surface area contributed by atoms with E-state index in [4.69, 9.17) is 0 Å². The normalized spacial score (nSPS) is 10.2. The van der Waals surface area contributed by atoms with Gasteiger partial charge in [0.1, 0.15) is 0 Å². The third-order valence-electron chi connectivity index (χ3n) is 2.00. The van der Waals surface area contributed by atoms with E-state index in [0.29, 0.717) is 5.33 Å². The molecule has 0 saturated heterocycles. The second kappa shape index (κ2) is 4.38. The maximum atomic E-state index is 11.4. The molecule has 1 aromatic carbocycles. The minimum absolute atomic E-state index is 0.123. The maximum absolute atomic E-state index is 11.4. The van der Waals surface area contributed by atoms with E-state index in [0.717, 1.165) is 21.2 Å². The van der Waals surface area contributed by atoms with Crippen molar-refractivity contribution in [1.29, 1.82) is 0 Å². The van der Waals surface area contributed by atoms with Gasteiger partial charge in [-0.3, -0.25) is 4.79 Å². The Morgan fingerprint density at radius 1 is 1.38 bits per heavy atom. The Labute approximate surface area is 94.8 Å². The number of hydrogen-bond donors (Lipinski definition) is 0. The lowest BCUT2D eigenvalue weighted by Crippen LogP contribution is -2.03. The van der Waals surface area contributed by atoms with E-state index in [1.807, 2.05) is 26.0 Å². The van der Waals surface area contributed by atoms with Crippen LogP contribution in [0.2, 0.25) is 0 Å². The molecule has 0 radical (unpaired) electrons. The van der Waals surface area contributed by atoms with Gasteiger partial charge in [-0.25, -0.2) is 0 Å². The fourth-order valence-corrected chi connectivity index (χ4v) is 1.84. The van der Waals surface area contributed by atoms with Crippen LogP contribution in [-0.4, -0.2) is 11.1 Å². The van der Waals surface area contributed by atoms with Crippen molar-refractivity contribution in [1.82, 2.24) is 0 Å². The fourth-order valence-electron chi connectivity index (χ4n) is 1.19. The Morgan fingerprint density at radius 3 is 2.54 bits per heavy atom. The predicted octanol–water partition coefficient (Wildman–Crippen LogP) is 3.64. The number of carbonyl (C=O) groups excluding carboxylic acids is 1. The van der Waals surface area contributed by atoms with Gasteiger partial charge in [0, 0.05) is 10.0 Å². The summed E-state index contributed by atoms with van der Waals surface area (Å²) < 4.78 is 1.03. The second-order valence-corrected chi connectivity index (χ2v) is 4.28. The van der Waals surface area contributed by atoms with Gasteiger partial charge in [0.15, 0.2) is 5.78 Å². The van der Waals surface area contributed by atoms with Crippen LogP contribution >= 0.6 is 31.9 Å². The Balaban J connectivity index is 3.26. The molecule has 1 aromatic rings. The van der Waals surface area contributed by atoms with Gasteiger partial charge in [0.2, 0.25) is 0 Å². The smallest absolute Gasteiger partial charge is 0.173 e. The molecule has 3 heteroatoms. The highest BCUT2D eigenvalue weighted by atomic mass is 79.9. The van der Waals surface area contributed by atoms with Crippen molar-refractivity contribution in [3.05, 3.63) is 33.3 Å². The number of carbonyl (C=O) groups is 1. The average Bonchev–Trinajstić information content (AvgIpc) is 2.13. The Kier molecular flexibility index (Phi) is 3.68. The first-order chi connectivity index (χ1) is 6.07. The van der Waals surface area contributed by atoms with Crippen LogP contribution in [0.25, 0.3) is 0 Å². The summed E-state index contributed by atoms with van der Waals surface area (Å²) in [5.41, 5.74) is 2.96. The highest BCUT2D eigenvalue weighted by molar-refractivity contribution is 9.10. The quantitative estimate of drug-likeness (QED) is 0.602. The van der Waals surface area contributed by atoms with Gasteiger partial charge in [0.05, 0.1) is 5.33 Å². The van der Waals surface area contributed by atoms with Crippen molar-refractivity contribution < 1.29 is 4.79 Å². The maximum Gasteiger partial charge on any atom is 0.173 e. The largest absolute Gasteiger partial charge is 0.293 e. The molecule has 0 N–H and O–H groups in total. The molecule has 0 aliphatic heterocycles. The Morgan fingerprint density at radius 2 is 2.00 bits per heavy atom. The highest BCUT2D eigenvalue weighted by Crippen LogP contribution is 2.24. The van der Waals surface area contributed by atoms with E-state index in [2.05, 4.69) is 31.9 Å². The molecule has 70 valence electrons. The zero-order valence-electron chi connectivity index (χ0n) is 7.53. The minimum Gasteiger partial charge on any atom is -0.293 e. The van der Waals surface area contributed by atoms with Crippen molar-refractivity contribution >= 4 is 37.6 Å². The number of Topliss-reactive ketones (excluding diaryl/α,β-unsaturated/α-hetero) is 1. The van der Waals surface area contributed by atoms with Crippen molar-refractivity contribution in [2.75, 3.05) is 5.33 Å². The van der Waals surface area contributed by atoms with E-state index >= 15 is 0 Å². The van der Waals surface area contributed by atoms with Gasteiger partial charge in [-0.15, -0.1) is 0 Å². The Bertz CT molecular complexity index is 345. The summed E-state index contributed by atoms with van der Waals surface area (Å²) in [6, 6.07) is 3.83. The van der Waals surface area contributed by atoms with Crippen LogP contribution in [0.3, 0.4) is 0 Å². The highest BCUT2D eigenvalue weighted by Gasteiger charge is 2.10. The van der Waals surface area contributed by atoms with Gasteiger partial charge in [-0.1, -0.05) is 44.0 Å². The van der Waals surface area contributed by atoms with Gasteiger partial charge < -0.3 is 0 Å². The zero-order valence-corrected chi connectivity index (χ0v) is 10.7. The third-order valence-corrected chi connectivity index (χ3v) is 3.73. The minimum atomic E-state index is 0.123. The second-order valence-electron chi connectivity index (χ2n) is 2.93. The summed E-state index contributed by atoms with van der Waals surface area (Å²) in [5, 5.41) is 0.378. The Hall–Kier alpha value is -0.150. The summed E-state index contributed by atoms with van der Waals surface area (Å²) in [7, 11) is 0. The molecule has 0 spiro atoms. The molecule has 0 atom stereocenters. The molecule has 0 fully saturated rings. The molecule has 0 unspecified atom stereocenters. The number of alkyl halides is 1. The zero-order chi connectivity index (χ0) is 10.0. The van der Waals surface area contributed by atoms with Crippen LogP contribution in [-0.2, 0) is 0 Å². The lowest BCUT2D eigenvalue weighted by molar-refractivity contribution is 0.102. The van der Waals surface area contributed by atoms with Crippen molar-refractivity contribution in [2.24, 2.45) is 0 Å². The molecule has 0 amide bonds. The lowest BCUT2D eigenvalue weighted by Gasteiger charge is -2.07. The number of ketones is 1. The number of hydrogen-bond acceptors (Lipinski definition) is 1. The topological polar surface area (TPSA) is 17.1 Å². The van der Waals surface area contributed by atoms with Crippen LogP contribution in [0.5, 0.6) is 0 Å². The van der Waals surface area contributed by atoms with Crippen LogP contribution in [0.4, 0.5) is 0 Å². The molecule has 0 saturated carbocycles. The van der Waals surface area contributed by atoms with E-state index in [1.165, 1.54) is 0 Å².